The number of halogens is 1. The van der Waals surface area contributed by atoms with Crippen LogP contribution in [0.4, 0.5) is 0 Å². The van der Waals surface area contributed by atoms with Gasteiger partial charge in [0.25, 0.3) is 5.56 Å². The molecule has 5 nitrogen and oxygen atoms in total. The maximum atomic E-state index is 12.3. The first-order valence-corrected chi connectivity index (χ1v) is 7.97. The van der Waals surface area contributed by atoms with Gasteiger partial charge in [0.15, 0.2) is 0 Å². The third-order valence-electron chi connectivity index (χ3n) is 4.69. The molecule has 0 atom stereocenters. The summed E-state index contributed by atoms with van der Waals surface area (Å²) < 4.78 is 2.21. The first-order valence-electron chi connectivity index (χ1n) is 7.97. The van der Waals surface area contributed by atoms with E-state index in [1.807, 2.05) is 19.1 Å². The summed E-state index contributed by atoms with van der Waals surface area (Å²) in [5.41, 5.74) is 4.82. The number of phenols is 1. The van der Waals surface area contributed by atoms with E-state index in [1.54, 1.807) is 6.07 Å². The number of allylic oxidation sites excluding steroid dienone is 1. The van der Waals surface area contributed by atoms with Gasteiger partial charge in [0.1, 0.15) is 11.6 Å². The summed E-state index contributed by atoms with van der Waals surface area (Å²) in [4.78, 5) is 16.6. The number of rotatable bonds is 1. The number of aromatic nitrogens is 2. The number of benzene rings is 1. The molecule has 126 valence electrons. The fraction of sp³-hybridized carbons (Fsp3) is 0.333. The normalized spacial score (nSPS) is 17.3. The number of aryl methyl sites for hydroxylation is 1. The van der Waals surface area contributed by atoms with Gasteiger partial charge in [-0.3, -0.25) is 4.79 Å². The Labute approximate surface area is 146 Å². The Bertz CT molecular complexity index is 887. The van der Waals surface area contributed by atoms with Crippen LogP contribution in [0, 0.1) is 6.92 Å². The molecule has 24 heavy (non-hydrogen) atoms. The first kappa shape index (κ1) is 16.7. The highest BCUT2D eigenvalue weighted by molar-refractivity contribution is 5.85. The lowest BCUT2D eigenvalue weighted by atomic mass is 10.1. The van der Waals surface area contributed by atoms with Crippen LogP contribution in [0.15, 0.2) is 23.0 Å². The molecule has 0 amide bonds. The summed E-state index contributed by atoms with van der Waals surface area (Å²) >= 11 is 0. The molecule has 4 rings (SSSR count). The maximum Gasteiger partial charge on any atom is 0.277 e. The number of nitrogens with zero attached hydrogens (tertiary/aromatic N) is 2. The van der Waals surface area contributed by atoms with E-state index in [-0.39, 0.29) is 18.0 Å². The highest BCUT2D eigenvalue weighted by Crippen LogP contribution is 2.30. The van der Waals surface area contributed by atoms with Gasteiger partial charge in [-0.15, -0.1) is 12.4 Å². The number of fused-ring (bicyclic) bond motifs is 3. The minimum absolute atomic E-state index is 0. The van der Waals surface area contributed by atoms with Gasteiger partial charge in [-0.05, 0) is 48.3 Å². The van der Waals surface area contributed by atoms with E-state index >= 15 is 0 Å². The number of aromatic hydroxyl groups is 1. The van der Waals surface area contributed by atoms with E-state index in [2.05, 4.69) is 20.9 Å². The third kappa shape index (κ3) is 2.74. The van der Waals surface area contributed by atoms with Crippen molar-refractivity contribution in [1.29, 1.82) is 0 Å². The molecule has 1 aromatic carbocycles. The van der Waals surface area contributed by atoms with Crippen LogP contribution in [0.3, 0.4) is 0 Å². The van der Waals surface area contributed by atoms with Crippen LogP contribution in [0.1, 0.15) is 34.6 Å². The Morgan fingerprint density at radius 3 is 2.96 bits per heavy atom. The van der Waals surface area contributed by atoms with Crippen LogP contribution in [0.25, 0.3) is 11.6 Å². The molecule has 0 spiro atoms. The van der Waals surface area contributed by atoms with Gasteiger partial charge >= 0.3 is 0 Å². The van der Waals surface area contributed by atoms with Crippen molar-refractivity contribution in [2.75, 3.05) is 6.54 Å². The maximum absolute atomic E-state index is 12.3. The SMILES string of the molecule is Cc1cc(/C=C2\CCn3c2nc(=O)c2c3CCNC2)ccc1O.Cl. The second-order valence-corrected chi connectivity index (χ2v) is 6.21. The average Bonchev–Trinajstić information content (AvgIpc) is 2.94. The molecule has 2 aliphatic rings. The molecule has 0 aliphatic carbocycles. The van der Waals surface area contributed by atoms with Crippen LogP contribution in [0.2, 0.25) is 0 Å². The quantitative estimate of drug-likeness (QED) is 0.832. The van der Waals surface area contributed by atoms with Crippen molar-refractivity contribution in [2.24, 2.45) is 0 Å². The van der Waals surface area contributed by atoms with Crippen LogP contribution in [-0.4, -0.2) is 21.2 Å². The fourth-order valence-corrected chi connectivity index (χ4v) is 3.46. The summed E-state index contributed by atoms with van der Waals surface area (Å²) in [6.45, 7) is 4.30. The molecule has 2 aromatic rings. The minimum Gasteiger partial charge on any atom is -0.508 e. The summed E-state index contributed by atoms with van der Waals surface area (Å²) in [5.74, 6) is 1.11. The van der Waals surface area contributed by atoms with E-state index in [4.69, 9.17) is 0 Å². The lowest BCUT2D eigenvalue weighted by Gasteiger charge is -2.20. The van der Waals surface area contributed by atoms with Gasteiger partial charge < -0.3 is 15.0 Å². The standard InChI is InChI=1S/C18H19N3O2.ClH/c1-11-8-12(2-3-16(11)22)9-13-5-7-21-15-4-6-19-10-14(15)18(23)20-17(13)21;/h2-3,8-9,19,22H,4-7,10H2,1H3;1H/b13-9+;. The zero-order valence-corrected chi connectivity index (χ0v) is 14.3. The van der Waals surface area contributed by atoms with Crippen molar-refractivity contribution in [2.45, 2.75) is 32.9 Å². The molecular weight excluding hydrogens is 326 g/mol. The van der Waals surface area contributed by atoms with Gasteiger partial charge in [-0.2, -0.15) is 4.98 Å². The topological polar surface area (TPSA) is 67.2 Å². The Morgan fingerprint density at radius 2 is 2.17 bits per heavy atom. The van der Waals surface area contributed by atoms with Gasteiger partial charge in [0, 0.05) is 31.7 Å². The molecule has 0 saturated carbocycles. The van der Waals surface area contributed by atoms with E-state index in [1.165, 1.54) is 0 Å². The number of phenolic OH excluding ortho intramolecular Hbond substituents is 1. The zero-order chi connectivity index (χ0) is 16.0. The van der Waals surface area contributed by atoms with Crippen molar-refractivity contribution < 1.29 is 5.11 Å². The molecule has 2 aliphatic heterocycles. The van der Waals surface area contributed by atoms with Crippen molar-refractivity contribution in [1.82, 2.24) is 14.9 Å². The molecule has 6 heteroatoms. The zero-order valence-electron chi connectivity index (χ0n) is 13.5. The van der Waals surface area contributed by atoms with Gasteiger partial charge in [-0.25, -0.2) is 0 Å². The van der Waals surface area contributed by atoms with E-state index in [0.29, 0.717) is 12.3 Å². The highest BCUT2D eigenvalue weighted by Gasteiger charge is 2.25. The van der Waals surface area contributed by atoms with Crippen molar-refractivity contribution >= 4 is 24.1 Å². The molecule has 3 heterocycles. The molecule has 0 radical (unpaired) electrons. The van der Waals surface area contributed by atoms with Crippen LogP contribution < -0.4 is 10.9 Å². The predicted octanol–water partition coefficient (Wildman–Crippen LogP) is 2.27. The summed E-state index contributed by atoms with van der Waals surface area (Å²) in [5, 5.41) is 12.9. The smallest absolute Gasteiger partial charge is 0.277 e. The van der Waals surface area contributed by atoms with Gasteiger partial charge in [0.2, 0.25) is 0 Å². The summed E-state index contributed by atoms with van der Waals surface area (Å²) in [6, 6.07) is 5.54. The van der Waals surface area contributed by atoms with Crippen LogP contribution in [0.5, 0.6) is 5.75 Å². The van der Waals surface area contributed by atoms with Gasteiger partial charge in [-0.1, -0.05) is 6.07 Å². The summed E-state index contributed by atoms with van der Waals surface area (Å²) in [7, 11) is 0. The molecule has 1 aromatic heterocycles. The predicted molar refractivity (Wildman–Crippen MR) is 96.5 cm³/mol. The first-order chi connectivity index (χ1) is 11.1. The Hall–Kier alpha value is -2.11. The van der Waals surface area contributed by atoms with E-state index < -0.39 is 0 Å². The van der Waals surface area contributed by atoms with Crippen LogP contribution in [-0.2, 0) is 19.5 Å². The second-order valence-electron chi connectivity index (χ2n) is 6.21. The van der Waals surface area contributed by atoms with Crippen molar-refractivity contribution in [3.8, 4) is 5.75 Å². The molecule has 2 N–H and O–H groups in total. The molecule has 0 unspecified atom stereocenters. The Morgan fingerprint density at radius 1 is 1.33 bits per heavy atom. The van der Waals surface area contributed by atoms with Crippen LogP contribution >= 0.6 is 12.4 Å². The largest absolute Gasteiger partial charge is 0.508 e. The number of hydrogen-bond acceptors (Lipinski definition) is 4. The monoisotopic (exact) mass is 345 g/mol. The highest BCUT2D eigenvalue weighted by atomic mass is 35.5. The molecule has 0 saturated heterocycles. The van der Waals surface area contributed by atoms with Gasteiger partial charge in [0.05, 0.1) is 5.56 Å². The summed E-state index contributed by atoms with van der Waals surface area (Å²) in [6.07, 6.45) is 3.84. The molecule has 0 bridgehead atoms. The van der Waals surface area contributed by atoms with E-state index in [9.17, 15) is 9.90 Å². The number of nitrogens with one attached hydrogen (secondary N) is 1. The Kier molecular flexibility index (Phi) is 4.47. The lowest BCUT2D eigenvalue weighted by Crippen LogP contribution is -2.34. The second kappa shape index (κ2) is 6.42. The average molecular weight is 346 g/mol. The third-order valence-corrected chi connectivity index (χ3v) is 4.69. The fourth-order valence-electron chi connectivity index (χ4n) is 3.46. The van der Waals surface area contributed by atoms with E-state index in [0.717, 1.165) is 59.7 Å². The van der Waals surface area contributed by atoms with Crippen molar-refractivity contribution in [3.63, 3.8) is 0 Å². The molecular formula is C18H20ClN3O2. The molecule has 0 fully saturated rings. The minimum atomic E-state index is -0.104. The van der Waals surface area contributed by atoms with Crippen molar-refractivity contribution in [3.05, 3.63) is 56.8 Å². The lowest BCUT2D eigenvalue weighted by molar-refractivity contribution is 0.471. The number of hydrogen-bond donors (Lipinski definition) is 2. The Balaban J connectivity index is 0.00000169.